The first-order chi connectivity index (χ1) is 13.1. The number of amides is 1. The molecule has 3 rings (SSSR count). The number of benzene rings is 3. The molecule has 0 heterocycles. The first-order valence-corrected chi connectivity index (χ1v) is 9.76. The summed E-state index contributed by atoms with van der Waals surface area (Å²) in [5.41, 5.74) is 4.89. The van der Waals surface area contributed by atoms with E-state index in [0.29, 0.717) is 22.4 Å². The van der Waals surface area contributed by atoms with E-state index in [2.05, 4.69) is 42.4 Å². The van der Waals surface area contributed by atoms with Gasteiger partial charge in [-0.05, 0) is 51.8 Å². The first-order valence-electron chi connectivity index (χ1n) is 8.17. The quantitative estimate of drug-likeness (QED) is 0.365. The number of hydrogen-bond acceptors (Lipinski definition) is 3. The molecule has 0 fully saturated rings. The predicted octanol–water partition coefficient (Wildman–Crippen LogP) is 5.55. The van der Waals surface area contributed by atoms with Crippen molar-refractivity contribution in [3.8, 4) is 5.75 Å². The Morgan fingerprint density at radius 2 is 1.74 bits per heavy atom. The summed E-state index contributed by atoms with van der Waals surface area (Å²) in [5.74, 6) is 0.390. The maximum absolute atomic E-state index is 12.2. The van der Waals surface area contributed by atoms with Crippen molar-refractivity contribution in [1.29, 1.82) is 0 Å². The summed E-state index contributed by atoms with van der Waals surface area (Å²) in [5, 5.41) is 4.07. The molecule has 0 aliphatic heterocycles. The van der Waals surface area contributed by atoms with E-state index in [1.165, 1.54) is 0 Å². The number of hydrazone groups is 1. The third-order valence-electron chi connectivity index (χ3n) is 3.70. The molecule has 4 nitrogen and oxygen atoms in total. The molecule has 3 aromatic carbocycles. The van der Waals surface area contributed by atoms with Crippen LogP contribution in [-0.2, 0) is 6.61 Å². The number of nitrogens with one attached hydrogen (secondary N) is 1. The summed E-state index contributed by atoms with van der Waals surface area (Å²) < 4.78 is 7.52. The molecule has 0 atom stereocenters. The van der Waals surface area contributed by atoms with Crippen LogP contribution < -0.4 is 10.2 Å². The number of nitrogens with zero attached hydrogens (tertiary/aromatic N) is 1. The number of carbonyl (C=O) groups excluding carboxylic acids is 1. The molecule has 0 aliphatic rings. The average molecular weight is 488 g/mol. The minimum Gasteiger partial charge on any atom is -0.488 e. The summed E-state index contributed by atoms with van der Waals surface area (Å²) in [6.07, 6.45) is 1.57. The molecule has 27 heavy (non-hydrogen) atoms. The molecule has 0 aliphatic carbocycles. The van der Waals surface area contributed by atoms with E-state index in [1.54, 1.807) is 18.3 Å². The van der Waals surface area contributed by atoms with Gasteiger partial charge in [-0.3, -0.25) is 4.79 Å². The van der Waals surface area contributed by atoms with Crippen LogP contribution in [0.4, 0.5) is 0 Å². The number of halogens is 2. The Morgan fingerprint density at radius 1 is 1.00 bits per heavy atom. The van der Waals surface area contributed by atoms with Gasteiger partial charge in [0.15, 0.2) is 0 Å². The van der Waals surface area contributed by atoms with Gasteiger partial charge in [-0.15, -0.1) is 0 Å². The lowest BCUT2D eigenvalue weighted by Gasteiger charge is -2.10. The van der Waals surface area contributed by atoms with E-state index in [9.17, 15) is 4.79 Å². The van der Waals surface area contributed by atoms with E-state index in [-0.39, 0.29) is 5.91 Å². The lowest BCUT2D eigenvalue weighted by molar-refractivity contribution is 0.0954. The summed E-state index contributed by atoms with van der Waals surface area (Å²) in [6.45, 7) is 0.451. The molecule has 0 saturated carbocycles. The molecule has 6 heteroatoms. The van der Waals surface area contributed by atoms with Gasteiger partial charge >= 0.3 is 0 Å². The SMILES string of the molecule is O=C(N/N=C\c1cc(Br)ccc1OCc1ccccc1)c1ccccc1Br. The zero-order valence-electron chi connectivity index (χ0n) is 14.2. The Bertz CT molecular complexity index is 959. The van der Waals surface area contributed by atoms with Gasteiger partial charge in [0, 0.05) is 14.5 Å². The van der Waals surface area contributed by atoms with E-state index < -0.39 is 0 Å². The van der Waals surface area contributed by atoms with Crippen molar-refractivity contribution >= 4 is 44.0 Å². The first kappa shape index (κ1) is 19.3. The smallest absolute Gasteiger partial charge is 0.272 e. The van der Waals surface area contributed by atoms with Gasteiger partial charge in [-0.2, -0.15) is 5.10 Å². The van der Waals surface area contributed by atoms with Gasteiger partial charge in [0.25, 0.3) is 5.91 Å². The minimum absolute atomic E-state index is 0.291. The molecule has 3 aromatic rings. The van der Waals surface area contributed by atoms with Gasteiger partial charge in [-0.25, -0.2) is 5.43 Å². The number of ether oxygens (including phenoxy) is 1. The summed E-state index contributed by atoms with van der Waals surface area (Å²) in [4.78, 5) is 12.2. The van der Waals surface area contributed by atoms with Crippen LogP contribution in [0.2, 0.25) is 0 Å². The highest BCUT2D eigenvalue weighted by Crippen LogP contribution is 2.23. The molecular formula is C21H16Br2N2O2. The van der Waals surface area contributed by atoms with Crippen molar-refractivity contribution in [2.24, 2.45) is 5.10 Å². The highest BCUT2D eigenvalue weighted by Gasteiger charge is 2.08. The minimum atomic E-state index is -0.291. The normalized spacial score (nSPS) is 10.7. The van der Waals surface area contributed by atoms with Gasteiger partial charge in [0.05, 0.1) is 11.8 Å². The summed E-state index contributed by atoms with van der Waals surface area (Å²) in [7, 11) is 0. The molecular weight excluding hydrogens is 472 g/mol. The lowest BCUT2D eigenvalue weighted by atomic mass is 10.2. The maximum atomic E-state index is 12.2. The molecule has 0 bridgehead atoms. The second-order valence-electron chi connectivity index (χ2n) is 5.64. The third-order valence-corrected chi connectivity index (χ3v) is 4.88. The van der Waals surface area contributed by atoms with Gasteiger partial charge < -0.3 is 4.74 Å². The molecule has 136 valence electrons. The van der Waals surface area contributed by atoms with Gasteiger partial charge in [0.2, 0.25) is 0 Å². The van der Waals surface area contributed by atoms with Gasteiger partial charge in [-0.1, -0.05) is 58.4 Å². The van der Waals surface area contributed by atoms with Gasteiger partial charge in [0.1, 0.15) is 12.4 Å². The molecule has 1 N–H and O–H groups in total. The topological polar surface area (TPSA) is 50.7 Å². The van der Waals surface area contributed by atoms with Crippen LogP contribution in [0.3, 0.4) is 0 Å². The Labute approximate surface area is 174 Å². The fourth-order valence-corrected chi connectivity index (χ4v) is 3.20. The third kappa shape index (κ3) is 5.52. The highest BCUT2D eigenvalue weighted by atomic mass is 79.9. The van der Waals surface area contributed by atoms with Crippen molar-refractivity contribution in [2.75, 3.05) is 0 Å². The Morgan fingerprint density at radius 3 is 2.52 bits per heavy atom. The lowest BCUT2D eigenvalue weighted by Crippen LogP contribution is -2.18. The Balaban J connectivity index is 1.70. The zero-order valence-corrected chi connectivity index (χ0v) is 17.4. The number of rotatable bonds is 6. The highest BCUT2D eigenvalue weighted by molar-refractivity contribution is 9.10. The standard InChI is InChI=1S/C21H16Br2N2O2/c22-17-10-11-20(27-14-15-6-2-1-3-7-15)16(12-17)13-24-25-21(26)18-8-4-5-9-19(18)23/h1-13H,14H2,(H,25,26)/b24-13-. The predicted molar refractivity (Wildman–Crippen MR) is 114 cm³/mol. The van der Waals surface area contributed by atoms with Crippen LogP contribution in [0.1, 0.15) is 21.5 Å². The van der Waals surface area contributed by atoms with Crippen molar-refractivity contribution < 1.29 is 9.53 Å². The van der Waals surface area contributed by atoms with Crippen LogP contribution in [0.25, 0.3) is 0 Å². The molecule has 0 radical (unpaired) electrons. The van der Waals surface area contributed by atoms with E-state index in [4.69, 9.17) is 4.74 Å². The number of carbonyl (C=O) groups is 1. The van der Waals surface area contributed by atoms with E-state index >= 15 is 0 Å². The fourth-order valence-electron chi connectivity index (χ4n) is 2.35. The van der Waals surface area contributed by atoms with Crippen molar-refractivity contribution in [1.82, 2.24) is 5.43 Å². The van der Waals surface area contributed by atoms with E-state index in [0.717, 1.165) is 15.6 Å². The van der Waals surface area contributed by atoms with Crippen LogP contribution in [0.15, 0.2) is 86.8 Å². The Hall–Kier alpha value is -2.44. The molecule has 1 amide bonds. The fraction of sp³-hybridized carbons (Fsp3) is 0.0476. The van der Waals surface area contributed by atoms with Crippen LogP contribution >= 0.6 is 31.9 Å². The zero-order chi connectivity index (χ0) is 19.1. The largest absolute Gasteiger partial charge is 0.488 e. The monoisotopic (exact) mass is 486 g/mol. The summed E-state index contributed by atoms with van der Waals surface area (Å²) in [6, 6.07) is 22.7. The molecule has 0 unspecified atom stereocenters. The second kappa shape index (κ2) is 9.48. The van der Waals surface area contributed by atoms with Crippen molar-refractivity contribution in [2.45, 2.75) is 6.61 Å². The Kier molecular flexibility index (Phi) is 6.79. The summed E-state index contributed by atoms with van der Waals surface area (Å²) >= 11 is 6.81. The second-order valence-corrected chi connectivity index (χ2v) is 7.41. The maximum Gasteiger partial charge on any atom is 0.272 e. The molecule has 0 saturated heterocycles. The van der Waals surface area contributed by atoms with E-state index in [1.807, 2.05) is 60.7 Å². The molecule has 0 aromatic heterocycles. The average Bonchev–Trinajstić information content (AvgIpc) is 2.68. The van der Waals surface area contributed by atoms with Crippen molar-refractivity contribution in [3.63, 3.8) is 0 Å². The number of hydrogen-bond donors (Lipinski definition) is 1. The van der Waals surface area contributed by atoms with Crippen LogP contribution in [0, 0.1) is 0 Å². The van der Waals surface area contributed by atoms with Crippen molar-refractivity contribution in [3.05, 3.63) is 98.4 Å². The van der Waals surface area contributed by atoms with Crippen LogP contribution in [0.5, 0.6) is 5.75 Å². The molecule has 0 spiro atoms. The van der Waals surface area contributed by atoms with Crippen LogP contribution in [-0.4, -0.2) is 12.1 Å².